The summed E-state index contributed by atoms with van der Waals surface area (Å²) in [5.41, 5.74) is 0. The fraction of sp³-hybridized carbons (Fsp3) is 0.667. The summed E-state index contributed by atoms with van der Waals surface area (Å²) in [7, 11) is 0. The second kappa shape index (κ2) is 4.07. The fourth-order valence-corrected chi connectivity index (χ4v) is 2.81. The van der Waals surface area contributed by atoms with Crippen LogP contribution in [0.2, 0.25) is 0 Å². The lowest BCUT2D eigenvalue weighted by Gasteiger charge is -2.34. The van der Waals surface area contributed by atoms with Gasteiger partial charge >= 0.3 is 0 Å². The molecule has 0 spiro atoms. The van der Waals surface area contributed by atoms with Crippen LogP contribution in [0.15, 0.2) is 9.98 Å². The molecular weight excluding hydrogens is 248 g/mol. The Bertz CT molecular complexity index is 287. The lowest BCUT2D eigenvalue weighted by molar-refractivity contribution is 0.228. The van der Waals surface area contributed by atoms with Crippen LogP contribution in [0.25, 0.3) is 0 Å². The molecule has 1 aromatic heterocycles. The Labute approximate surface area is 90.9 Å². The zero-order chi connectivity index (χ0) is 9.26. The van der Waals surface area contributed by atoms with Crippen molar-refractivity contribution in [2.75, 3.05) is 0 Å². The van der Waals surface area contributed by atoms with Crippen molar-refractivity contribution >= 4 is 27.3 Å². The average molecular weight is 261 g/mol. The molecule has 1 heterocycles. The molecule has 2 nitrogen and oxygen atoms in total. The molecule has 0 aromatic carbocycles. The largest absolute Gasteiger partial charge is 0.307 e. The molecule has 1 aromatic rings. The smallest absolute Gasteiger partial charge is 0.107 e. The minimum absolute atomic E-state index is 0.725. The molecule has 2 unspecified atom stereocenters. The van der Waals surface area contributed by atoms with Crippen molar-refractivity contribution in [2.45, 2.75) is 32.4 Å². The molecule has 0 radical (unpaired) electrons. The van der Waals surface area contributed by atoms with E-state index in [1.807, 2.05) is 6.20 Å². The van der Waals surface area contributed by atoms with Crippen LogP contribution in [-0.2, 0) is 6.54 Å². The summed E-state index contributed by atoms with van der Waals surface area (Å²) in [6.45, 7) is 3.23. The van der Waals surface area contributed by atoms with Gasteiger partial charge in [0.15, 0.2) is 0 Å². The minimum Gasteiger partial charge on any atom is -0.307 e. The summed E-state index contributed by atoms with van der Waals surface area (Å²) in [5.74, 6) is 0.850. The van der Waals surface area contributed by atoms with E-state index in [2.05, 4.69) is 33.2 Å². The molecule has 1 fully saturated rings. The molecule has 13 heavy (non-hydrogen) atoms. The van der Waals surface area contributed by atoms with E-state index in [9.17, 15) is 0 Å². The lowest BCUT2D eigenvalue weighted by atomic mass is 9.81. The number of nitrogens with one attached hydrogen (secondary N) is 1. The van der Waals surface area contributed by atoms with Gasteiger partial charge in [-0.15, -0.1) is 11.3 Å². The molecule has 1 N–H and O–H groups in total. The van der Waals surface area contributed by atoms with E-state index in [-0.39, 0.29) is 0 Å². The number of rotatable bonds is 3. The van der Waals surface area contributed by atoms with E-state index in [0.717, 1.165) is 22.3 Å². The van der Waals surface area contributed by atoms with Crippen molar-refractivity contribution in [3.8, 4) is 0 Å². The topological polar surface area (TPSA) is 24.9 Å². The van der Waals surface area contributed by atoms with Gasteiger partial charge in [-0.1, -0.05) is 6.92 Å². The first kappa shape index (κ1) is 9.62. The van der Waals surface area contributed by atoms with Gasteiger partial charge in [-0.2, -0.15) is 0 Å². The fourth-order valence-electron chi connectivity index (χ4n) is 1.56. The average Bonchev–Trinajstić information content (AvgIpc) is 2.49. The van der Waals surface area contributed by atoms with Gasteiger partial charge < -0.3 is 5.32 Å². The Morgan fingerprint density at radius 1 is 1.69 bits per heavy atom. The Kier molecular flexibility index (Phi) is 3.01. The molecule has 0 bridgehead atoms. The number of hydrogen-bond acceptors (Lipinski definition) is 3. The Hall–Kier alpha value is 0.0700. The predicted octanol–water partition coefficient (Wildman–Crippen LogP) is 2.79. The molecule has 2 rings (SSSR count). The van der Waals surface area contributed by atoms with Crippen molar-refractivity contribution < 1.29 is 0 Å². The first-order valence-corrected chi connectivity index (χ1v) is 6.20. The minimum atomic E-state index is 0.725. The van der Waals surface area contributed by atoms with E-state index in [1.54, 1.807) is 11.3 Å². The third-order valence-corrected chi connectivity index (χ3v) is 4.14. The van der Waals surface area contributed by atoms with E-state index >= 15 is 0 Å². The molecule has 0 amide bonds. The molecule has 0 saturated heterocycles. The standard InChI is InChI=1S/C9H13BrN2S/c1-6-2-3-7(6)11-5-9-12-4-8(10)13-9/h4,6-7,11H,2-3,5H2,1H3. The number of thiazole rings is 1. The van der Waals surface area contributed by atoms with Crippen LogP contribution < -0.4 is 5.32 Å². The Morgan fingerprint density at radius 3 is 3.00 bits per heavy atom. The summed E-state index contributed by atoms with van der Waals surface area (Å²) < 4.78 is 1.12. The molecule has 4 heteroatoms. The maximum Gasteiger partial charge on any atom is 0.107 e. The van der Waals surface area contributed by atoms with Crippen molar-refractivity contribution in [1.29, 1.82) is 0 Å². The number of nitrogens with zero attached hydrogens (tertiary/aromatic N) is 1. The Balaban J connectivity index is 1.79. The number of hydrogen-bond donors (Lipinski definition) is 1. The summed E-state index contributed by atoms with van der Waals surface area (Å²) in [6.07, 6.45) is 4.57. The molecular formula is C9H13BrN2S. The molecule has 0 aliphatic heterocycles. The van der Waals surface area contributed by atoms with E-state index in [0.29, 0.717) is 0 Å². The molecule has 1 aliphatic rings. The monoisotopic (exact) mass is 260 g/mol. The van der Waals surface area contributed by atoms with Crippen LogP contribution >= 0.6 is 27.3 Å². The van der Waals surface area contributed by atoms with E-state index in [4.69, 9.17) is 0 Å². The third kappa shape index (κ3) is 2.30. The summed E-state index contributed by atoms with van der Waals surface area (Å²) in [5, 5.41) is 4.70. The second-order valence-electron chi connectivity index (χ2n) is 3.60. The maximum atomic E-state index is 4.28. The van der Waals surface area contributed by atoms with Gasteiger partial charge in [-0.25, -0.2) is 4.98 Å². The third-order valence-electron chi connectivity index (χ3n) is 2.66. The van der Waals surface area contributed by atoms with Crippen LogP contribution in [0.3, 0.4) is 0 Å². The summed E-state index contributed by atoms with van der Waals surface area (Å²) >= 11 is 5.12. The van der Waals surface area contributed by atoms with Gasteiger partial charge in [0.1, 0.15) is 5.01 Å². The number of aromatic nitrogens is 1. The second-order valence-corrected chi connectivity index (χ2v) is 6.09. The van der Waals surface area contributed by atoms with Gasteiger partial charge in [0, 0.05) is 12.6 Å². The highest BCUT2D eigenvalue weighted by molar-refractivity contribution is 9.11. The zero-order valence-electron chi connectivity index (χ0n) is 7.59. The normalized spacial score (nSPS) is 27.2. The quantitative estimate of drug-likeness (QED) is 0.905. The summed E-state index contributed by atoms with van der Waals surface area (Å²) in [6, 6.07) is 0.725. The first-order valence-electron chi connectivity index (χ1n) is 4.59. The van der Waals surface area contributed by atoms with Gasteiger partial charge in [-0.3, -0.25) is 0 Å². The van der Waals surface area contributed by atoms with Crippen LogP contribution in [0.5, 0.6) is 0 Å². The van der Waals surface area contributed by atoms with Gasteiger partial charge in [-0.05, 0) is 34.7 Å². The number of halogens is 1. The van der Waals surface area contributed by atoms with Crippen molar-refractivity contribution in [1.82, 2.24) is 10.3 Å². The van der Waals surface area contributed by atoms with Crippen molar-refractivity contribution in [2.24, 2.45) is 5.92 Å². The SMILES string of the molecule is CC1CCC1NCc1ncc(Br)s1. The maximum absolute atomic E-state index is 4.28. The highest BCUT2D eigenvalue weighted by atomic mass is 79.9. The molecule has 72 valence electrons. The Morgan fingerprint density at radius 2 is 2.54 bits per heavy atom. The van der Waals surface area contributed by atoms with Gasteiger partial charge in [0.2, 0.25) is 0 Å². The summed E-state index contributed by atoms with van der Waals surface area (Å²) in [4.78, 5) is 4.28. The van der Waals surface area contributed by atoms with Gasteiger partial charge in [0.05, 0.1) is 9.98 Å². The molecule has 1 saturated carbocycles. The van der Waals surface area contributed by atoms with Crippen molar-refractivity contribution in [3.05, 3.63) is 15.0 Å². The van der Waals surface area contributed by atoms with Crippen LogP contribution in [0.4, 0.5) is 0 Å². The predicted molar refractivity (Wildman–Crippen MR) is 58.8 cm³/mol. The zero-order valence-corrected chi connectivity index (χ0v) is 9.99. The first-order chi connectivity index (χ1) is 6.25. The highest BCUT2D eigenvalue weighted by Crippen LogP contribution is 2.27. The van der Waals surface area contributed by atoms with Crippen LogP contribution in [-0.4, -0.2) is 11.0 Å². The highest BCUT2D eigenvalue weighted by Gasteiger charge is 2.25. The molecule has 2 atom stereocenters. The van der Waals surface area contributed by atoms with E-state index < -0.39 is 0 Å². The van der Waals surface area contributed by atoms with Crippen LogP contribution in [0.1, 0.15) is 24.8 Å². The van der Waals surface area contributed by atoms with E-state index in [1.165, 1.54) is 17.8 Å². The molecule has 1 aliphatic carbocycles. The lowest BCUT2D eigenvalue weighted by Crippen LogP contribution is -2.41. The van der Waals surface area contributed by atoms with Gasteiger partial charge in [0.25, 0.3) is 0 Å². The van der Waals surface area contributed by atoms with Crippen LogP contribution in [0, 0.1) is 5.92 Å². The van der Waals surface area contributed by atoms with Crippen molar-refractivity contribution in [3.63, 3.8) is 0 Å².